The number of carbonyl (C=O) groups is 2. The van der Waals surface area contributed by atoms with E-state index in [4.69, 9.17) is 33.9 Å². The molecule has 0 fully saturated rings. The predicted octanol–water partition coefficient (Wildman–Crippen LogP) is 3.37. The predicted molar refractivity (Wildman–Crippen MR) is 121 cm³/mol. The maximum Gasteiger partial charge on any atom is 0.328 e. The molecule has 0 unspecified atom stereocenters. The Labute approximate surface area is 191 Å². The van der Waals surface area contributed by atoms with Gasteiger partial charge in [-0.15, -0.1) is 0 Å². The molecule has 2 N–H and O–H groups in total. The molecule has 9 nitrogen and oxygen atoms in total. The van der Waals surface area contributed by atoms with Crippen LogP contribution in [0.2, 0.25) is 0 Å². The number of aliphatic carboxylic acids is 2. The van der Waals surface area contributed by atoms with Gasteiger partial charge < -0.3 is 33.9 Å². The van der Waals surface area contributed by atoms with Gasteiger partial charge >= 0.3 is 11.9 Å². The summed E-state index contributed by atoms with van der Waals surface area (Å²) in [5.41, 5.74) is 1.26. The molecule has 0 bridgehead atoms. The third-order valence-corrected chi connectivity index (χ3v) is 4.21. The molecule has 0 spiro atoms. The van der Waals surface area contributed by atoms with Gasteiger partial charge in [-0.3, -0.25) is 0 Å². The standard InChI is InChI=1S/C24H26O9/c1-29-21-15-19(7-3-17(21)5-9-23(25)26)32-13-11-31-12-14-33-20-8-4-18(6-10-24(27)28)22(16-20)30-2/h3-10,15-16H,11-14H2,1-2H3,(H,25,26)(H,27,28)/b9-5+,10-6+. The molecule has 0 saturated heterocycles. The van der Waals surface area contributed by atoms with Crippen molar-refractivity contribution in [1.29, 1.82) is 0 Å². The van der Waals surface area contributed by atoms with Crippen molar-refractivity contribution in [3.8, 4) is 23.0 Å². The minimum Gasteiger partial charge on any atom is -0.496 e. The fraction of sp³-hybridized carbons (Fsp3) is 0.250. The Balaban J connectivity index is 1.73. The quantitative estimate of drug-likeness (QED) is 0.324. The third-order valence-electron chi connectivity index (χ3n) is 4.21. The summed E-state index contributed by atoms with van der Waals surface area (Å²) in [7, 11) is 2.99. The van der Waals surface area contributed by atoms with E-state index in [0.717, 1.165) is 12.2 Å². The molecule has 176 valence electrons. The van der Waals surface area contributed by atoms with Crippen molar-refractivity contribution in [3.05, 3.63) is 59.7 Å². The van der Waals surface area contributed by atoms with E-state index in [1.807, 2.05) is 0 Å². The molecular weight excluding hydrogens is 432 g/mol. The van der Waals surface area contributed by atoms with E-state index >= 15 is 0 Å². The van der Waals surface area contributed by atoms with Crippen LogP contribution in [-0.4, -0.2) is 62.8 Å². The number of hydrogen-bond donors (Lipinski definition) is 2. The van der Waals surface area contributed by atoms with Crippen molar-refractivity contribution in [2.24, 2.45) is 0 Å². The molecule has 2 aromatic carbocycles. The lowest BCUT2D eigenvalue weighted by molar-refractivity contribution is -0.132. The van der Waals surface area contributed by atoms with Gasteiger partial charge in [0.2, 0.25) is 0 Å². The molecule has 9 heteroatoms. The highest BCUT2D eigenvalue weighted by Gasteiger charge is 2.05. The fourth-order valence-electron chi connectivity index (χ4n) is 2.70. The van der Waals surface area contributed by atoms with E-state index in [0.29, 0.717) is 60.6 Å². The molecule has 33 heavy (non-hydrogen) atoms. The normalized spacial score (nSPS) is 11.0. The first-order valence-electron chi connectivity index (χ1n) is 9.94. The highest BCUT2D eigenvalue weighted by atomic mass is 16.5. The average molecular weight is 458 g/mol. The lowest BCUT2D eigenvalue weighted by Crippen LogP contribution is -2.12. The zero-order valence-electron chi connectivity index (χ0n) is 18.4. The lowest BCUT2D eigenvalue weighted by Gasteiger charge is -2.11. The molecule has 0 saturated carbocycles. The van der Waals surface area contributed by atoms with Gasteiger partial charge in [0.15, 0.2) is 0 Å². The summed E-state index contributed by atoms with van der Waals surface area (Å²) in [5.74, 6) is 0.0650. The Morgan fingerprint density at radius 2 is 1.15 bits per heavy atom. The van der Waals surface area contributed by atoms with Crippen LogP contribution in [0.4, 0.5) is 0 Å². The van der Waals surface area contributed by atoms with Gasteiger partial charge in [-0.25, -0.2) is 9.59 Å². The fourth-order valence-corrected chi connectivity index (χ4v) is 2.70. The number of methoxy groups -OCH3 is 2. The molecule has 0 aliphatic heterocycles. The lowest BCUT2D eigenvalue weighted by atomic mass is 10.2. The molecule has 0 heterocycles. The summed E-state index contributed by atoms with van der Waals surface area (Å²) in [6.07, 6.45) is 4.97. The topological polar surface area (TPSA) is 121 Å². The zero-order chi connectivity index (χ0) is 24.1. The molecule has 0 atom stereocenters. The SMILES string of the molecule is COc1cc(OCCOCCOc2ccc(/C=C/C(=O)O)c(OC)c2)ccc1/C=C/C(=O)O. The summed E-state index contributed by atoms with van der Waals surface area (Å²) >= 11 is 0. The average Bonchev–Trinajstić information content (AvgIpc) is 2.81. The van der Waals surface area contributed by atoms with E-state index in [1.165, 1.54) is 26.4 Å². The number of carboxylic acid groups (broad SMARTS) is 2. The van der Waals surface area contributed by atoms with Crippen LogP contribution >= 0.6 is 0 Å². The monoisotopic (exact) mass is 458 g/mol. The summed E-state index contributed by atoms with van der Waals surface area (Å²) in [6.45, 7) is 1.31. The molecule has 0 amide bonds. The van der Waals surface area contributed by atoms with E-state index < -0.39 is 11.9 Å². The second-order valence-corrected chi connectivity index (χ2v) is 6.46. The van der Waals surface area contributed by atoms with E-state index in [-0.39, 0.29) is 0 Å². The van der Waals surface area contributed by atoms with Crippen molar-refractivity contribution in [2.45, 2.75) is 0 Å². The number of ether oxygens (including phenoxy) is 5. The van der Waals surface area contributed by atoms with Gasteiger partial charge in [-0.1, -0.05) is 0 Å². The van der Waals surface area contributed by atoms with Crippen molar-refractivity contribution >= 4 is 24.1 Å². The molecule has 2 rings (SSSR count). The Hall–Kier alpha value is -3.98. The molecule has 0 aliphatic rings. The second kappa shape index (κ2) is 13.4. The van der Waals surface area contributed by atoms with Gasteiger partial charge in [0.05, 0.1) is 27.4 Å². The Morgan fingerprint density at radius 1 is 0.727 bits per heavy atom. The van der Waals surface area contributed by atoms with E-state index in [9.17, 15) is 9.59 Å². The molecule has 2 aromatic rings. The number of rotatable bonds is 14. The van der Waals surface area contributed by atoms with Crippen LogP contribution in [0.1, 0.15) is 11.1 Å². The third kappa shape index (κ3) is 8.96. The van der Waals surface area contributed by atoms with Gasteiger partial charge in [0.1, 0.15) is 36.2 Å². The van der Waals surface area contributed by atoms with Crippen molar-refractivity contribution in [3.63, 3.8) is 0 Å². The highest BCUT2D eigenvalue weighted by molar-refractivity contribution is 5.86. The minimum atomic E-state index is -1.04. The molecule has 0 aromatic heterocycles. The van der Waals surface area contributed by atoms with Crippen molar-refractivity contribution in [1.82, 2.24) is 0 Å². The summed E-state index contributed by atoms with van der Waals surface area (Å²) in [5, 5.41) is 17.5. The van der Waals surface area contributed by atoms with Gasteiger partial charge in [-0.2, -0.15) is 0 Å². The first-order chi connectivity index (χ1) is 15.9. The minimum absolute atomic E-state index is 0.311. The first-order valence-corrected chi connectivity index (χ1v) is 9.94. The highest BCUT2D eigenvalue weighted by Crippen LogP contribution is 2.27. The van der Waals surface area contributed by atoms with Crippen LogP contribution < -0.4 is 18.9 Å². The van der Waals surface area contributed by atoms with Crippen LogP contribution in [0.25, 0.3) is 12.2 Å². The number of hydrogen-bond acceptors (Lipinski definition) is 7. The zero-order valence-corrected chi connectivity index (χ0v) is 18.4. The van der Waals surface area contributed by atoms with Gasteiger partial charge in [0, 0.05) is 35.4 Å². The van der Waals surface area contributed by atoms with Gasteiger partial charge in [0.25, 0.3) is 0 Å². The van der Waals surface area contributed by atoms with E-state index in [2.05, 4.69) is 0 Å². The number of carboxylic acids is 2. The summed E-state index contributed by atoms with van der Waals surface area (Å²) < 4.78 is 27.3. The van der Waals surface area contributed by atoms with Crippen LogP contribution in [-0.2, 0) is 14.3 Å². The molecule has 0 aliphatic carbocycles. The Kier molecular flexibility index (Phi) is 10.3. The molecule has 0 radical (unpaired) electrons. The summed E-state index contributed by atoms with van der Waals surface area (Å²) in [4.78, 5) is 21.3. The molecular formula is C24H26O9. The van der Waals surface area contributed by atoms with Crippen LogP contribution in [0.5, 0.6) is 23.0 Å². The summed E-state index contributed by atoms with van der Waals surface area (Å²) in [6, 6.07) is 10.2. The van der Waals surface area contributed by atoms with E-state index in [1.54, 1.807) is 36.4 Å². The maximum atomic E-state index is 10.7. The van der Waals surface area contributed by atoms with Crippen molar-refractivity contribution < 1.29 is 43.5 Å². The smallest absolute Gasteiger partial charge is 0.328 e. The Morgan fingerprint density at radius 3 is 1.52 bits per heavy atom. The second-order valence-electron chi connectivity index (χ2n) is 6.46. The maximum absolute atomic E-state index is 10.7. The van der Waals surface area contributed by atoms with Crippen LogP contribution in [0, 0.1) is 0 Å². The number of benzene rings is 2. The first kappa shape index (κ1) is 25.3. The van der Waals surface area contributed by atoms with Crippen molar-refractivity contribution in [2.75, 3.05) is 40.6 Å². The van der Waals surface area contributed by atoms with Crippen LogP contribution in [0.3, 0.4) is 0 Å². The largest absolute Gasteiger partial charge is 0.496 e. The van der Waals surface area contributed by atoms with Crippen LogP contribution in [0.15, 0.2) is 48.6 Å². The Bertz CT molecular complexity index is 916. The van der Waals surface area contributed by atoms with Gasteiger partial charge in [-0.05, 0) is 36.4 Å².